The third kappa shape index (κ3) is 4.29. The van der Waals surface area contributed by atoms with Crippen molar-refractivity contribution in [3.05, 3.63) is 71.8 Å². The van der Waals surface area contributed by atoms with Gasteiger partial charge in [0.05, 0.1) is 18.8 Å². The summed E-state index contributed by atoms with van der Waals surface area (Å²) in [6, 6.07) is 14.9. The molecule has 2 aliphatic heterocycles. The van der Waals surface area contributed by atoms with Gasteiger partial charge in [-0.25, -0.2) is 0 Å². The molecule has 0 N–H and O–H groups in total. The molecular formula is C23H23ClN4O3. The topological polar surface area (TPSA) is 69.5 Å². The van der Waals surface area contributed by atoms with E-state index < -0.39 is 0 Å². The van der Waals surface area contributed by atoms with Gasteiger partial charge in [-0.15, -0.1) is 10.2 Å². The Morgan fingerprint density at radius 1 is 1.16 bits per heavy atom. The minimum Gasteiger partial charge on any atom is -0.488 e. The second kappa shape index (κ2) is 8.32. The first kappa shape index (κ1) is 20.0. The number of likely N-dealkylation sites (tertiary alicyclic amines) is 1. The SMILES string of the molecule is O=C(c1cccc(-n2cnnc2)c1)N1CCC[C@]2(C[C@@H](Oc3cccc(Cl)c3)CO2)C1. The van der Waals surface area contributed by atoms with Crippen molar-refractivity contribution in [2.24, 2.45) is 0 Å². The van der Waals surface area contributed by atoms with Crippen LogP contribution in [0.4, 0.5) is 0 Å². The van der Waals surface area contributed by atoms with Crippen LogP contribution in [0.1, 0.15) is 29.6 Å². The summed E-state index contributed by atoms with van der Waals surface area (Å²) in [6.07, 6.45) is 5.76. The number of piperidine rings is 1. The number of hydrogen-bond donors (Lipinski definition) is 0. The fourth-order valence-corrected chi connectivity index (χ4v) is 4.66. The molecular weight excluding hydrogens is 416 g/mol. The quantitative estimate of drug-likeness (QED) is 0.620. The minimum atomic E-state index is -0.358. The van der Waals surface area contributed by atoms with Crippen molar-refractivity contribution in [3.63, 3.8) is 0 Å². The van der Waals surface area contributed by atoms with Crippen LogP contribution >= 0.6 is 11.6 Å². The van der Waals surface area contributed by atoms with Crippen molar-refractivity contribution < 1.29 is 14.3 Å². The highest BCUT2D eigenvalue weighted by Crippen LogP contribution is 2.37. The number of nitrogens with zero attached hydrogens (tertiary/aromatic N) is 4. The normalized spacial score (nSPS) is 23.3. The summed E-state index contributed by atoms with van der Waals surface area (Å²) in [7, 11) is 0. The molecule has 31 heavy (non-hydrogen) atoms. The first-order valence-electron chi connectivity index (χ1n) is 10.4. The van der Waals surface area contributed by atoms with E-state index in [1.54, 1.807) is 17.2 Å². The van der Waals surface area contributed by atoms with Crippen LogP contribution in [0.5, 0.6) is 5.75 Å². The molecule has 2 saturated heterocycles. The third-order valence-electron chi connectivity index (χ3n) is 5.91. The fourth-order valence-electron chi connectivity index (χ4n) is 4.48. The fraction of sp³-hybridized carbons (Fsp3) is 0.348. The number of rotatable bonds is 4. The molecule has 2 fully saturated rings. The number of amides is 1. The van der Waals surface area contributed by atoms with E-state index in [-0.39, 0.29) is 17.6 Å². The van der Waals surface area contributed by atoms with E-state index in [9.17, 15) is 4.79 Å². The van der Waals surface area contributed by atoms with E-state index in [1.165, 1.54) is 0 Å². The van der Waals surface area contributed by atoms with E-state index in [2.05, 4.69) is 10.2 Å². The van der Waals surface area contributed by atoms with Crippen LogP contribution in [0.3, 0.4) is 0 Å². The van der Waals surface area contributed by atoms with Crippen LogP contribution in [0.15, 0.2) is 61.2 Å². The monoisotopic (exact) mass is 438 g/mol. The van der Waals surface area contributed by atoms with Crippen molar-refractivity contribution >= 4 is 17.5 Å². The Hall–Kier alpha value is -2.90. The van der Waals surface area contributed by atoms with Crippen molar-refractivity contribution in [2.45, 2.75) is 31.0 Å². The first-order chi connectivity index (χ1) is 15.1. The second-order valence-corrected chi connectivity index (χ2v) is 8.58. The average Bonchev–Trinajstić information content (AvgIpc) is 3.44. The van der Waals surface area contributed by atoms with Crippen LogP contribution in [0.25, 0.3) is 5.69 Å². The van der Waals surface area contributed by atoms with Crippen LogP contribution < -0.4 is 4.74 Å². The van der Waals surface area contributed by atoms with Gasteiger partial charge >= 0.3 is 0 Å². The zero-order chi connectivity index (χ0) is 21.3. The van der Waals surface area contributed by atoms with Gasteiger partial charge in [0, 0.05) is 29.2 Å². The smallest absolute Gasteiger partial charge is 0.254 e. The lowest BCUT2D eigenvalue weighted by Crippen LogP contribution is -2.50. The maximum absolute atomic E-state index is 13.3. The third-order valence-corrected chi connectivity index (χ3v) is 6.15. The van der Waals surface area contributed by atoms with Gasteiger partial charge in [-0.1, -0.05) is 23.7 Å². The largest absolute Gasteiger partial charge is 0.488 e. The Balaban J connectivity index is 1.27. The predicted octanol–water partition coefficient (Wildman–Crippen LogP) is 3.76. The van der Waals surface area contributed by atoms with Crippen molar-refractivity contribution in [1.29, 1.82) is 0 Å². The molecule has 3 aromatic rings. The number of carbonyl (C=O) groups excluding carboxylic acids is 1. The molecule has 5 rings (SSSR count). The second-order valence-electron chi connectivity index (χ2n) is 8.15. The predicted molar refractivity (Wildman–Crippen MR) is 116 cm³/mol. The molecule has 1 amide bonds. The summed E-state index contributed by atoms with van der Waals surface area (Å²) in [5, 5.41) is 8.32. The van der Waals surface area contributed by atoms with Crippen molar-refractivity contribution in [3.8, 4) is 11.4 Å². The van der Waals surface area contributed by atoms with Gasteiger partial charge in [-0.3, -0.25) is 9.36 Å². The Morgan fingerprint density at radius 3 is 2.84 bits per heavy atom. The van der Waals surface area contributed by atoms with E-state index in [4.69, 9.17) is 21.1 Å². The number of carbonyl (C=O) groups is 1. The van der Waals surface area contributed by atoms with Crippen molar-refractivity contribution in [1.82, 2.24) is 19.7 Å². The first-order valence-corrected chi connectivity index (χ1v) is 10.8. The molecule has 160 valence electrons. The maximum atomic E-state index is 13.3. The number of ether oxygens (including phenoxy) is 2. The Kier molecular flexibility index (Phi) is 5.38. The Morgan fingerprint density at radius 2 is 2.00 bits per heavy atom. The summed E-state index contributed by atoms with van der Waals surface area (Å²) in [5.74, 6) is 0.754. The molecule has 2 aliphatic rings. The average molecular weight is 439 g/mol. The zero-order valence-electron chi connectivity index (χ0n) is 17.0. The van der Waals surface area contributed by atoms with Gasteiger partial charge in [-0.2, -0.15) is 0 Å². The molecule has 3 heterocycles. The molecule has 0 saturated carbocycles. The van der Waals surface area contributed by atoms with Gasteiger partial charge in [0.15, 0.2) is 0 Å². The van der Waals surface area contributed by atoms with E-state index >= 15 is 0 Å². The van der Waals surface area contributed by atoms with Gasteiger partial charge in [-0.05, 0) is 49.2 Å². The summed E-state index contributed by atoms with van der Waals surface area (Å²) >= 11 is 6.06. The lowest BCUT2D eigenvalue weighted by Gasteiger charge is -2.39. The molecule has 0 bridgehead atoms. The molecule has 1 spiro atoms. The summed E-state index contributed by atoms with van der Waals surface area (Å²) in [5.41, 5.74) is 1.14. The van der Waals surface area contributed by atoms with Gasteiger partial charge in [0.2, 0.25) is 0 Å². The van der Waals surface area contributed by atoms with E-state index in [0.29, 0.717) is 23.7 Å². The zero-order valence-corrected chi connectivity index (χ0v) is 17.7. The standard InChI is InChI=1S/C23H23ClN4O3/c24-18-5-2-7-20(11-18)31-21-12-23(30-13-21)8-3-9-27(14-23)22(29)17-4-1-6-19(10-17)28-15-25-26-16-28/h1-2,4-7,10-11,15-16,21H,3,8-9,12-14H2/t21-,23+/m1/s1. The minimum absolute atomic E-state index is 0.0109. The molecule has 2 aromatic carbocycles. The summed E-state index contributed by atoms with van der Waals surface area (Å²) in [4.78, 5) is 15.2. The number of hydrogen-bond acceptors (Lipinski definition) is 5. The Labute approximate surface area is 185 Å². The summed E-state index contributed by atoms with van der Waals surface area (Å²) < 4.78 is 14.1. The van der Waals surface area contributed by atoms with Gasteiger partial charge < -0.3 is 14.4 Å². The molecule has 0 radical (unpaired) electrons. The van der Waals surface area contributed by atoms with Gasteiger partial charge in [0.25, 0.3) is 5.91 Å². The lowest BCUT2D eigenvalue weighted by molar-refractivity contribution is -0.0453. The molecule has 7 nitrogen and oxygen atoms in total. The van der Waals surface area contributed by atoms with E-state index in [0.717, 1.165) is 37.2 Å². The number of aromatic nitrogens is 3. The van der Waals surface area contributed by atoms with Crippen LogP contribution in [0, 0.1) is 0 Å². The number of benzene rings is 2. The van der Waals surface area contributed by atoms with E-state index in [1.807, 2.05) is 53.4 Å². The van der Waals surface area contributed by atoms with Crippen LogP contribution in [-0.2, 0) is 4.74 Å². The van der Waals surface area contributed by atoms with Crippen molar-refractivity contribution in [2.75, 3.05) is 19.7 Å². The number of halogens is 1. The maximum Gasteiger partial charge on any atom is 0.254 e. The van der Waals surface area contributed by atoms with Crippen LogP contribution in [-0.4, -0.2) is 57.0 Å². The van der Waals surface area contributed by atoms with Crippen LogP contribution in [0.2, 0.25) is 5.02 Å². The highest BCUT2D eigenvalue weighted by Gasteiger charge is 2.45. The van der Waals surface area contributed by atoms with Gasteiger partial charge in [0.1, 0.15) is 24.5 Å². The molecule has 0 unspecified atom stereocenters. The molecule has 0 aliphatic carbocycles. The highest BCUT2D eigenvalue weighted by molar-refractivity contribution is 6.30. The molecule has 8 heteroatoms. The summed E-state index contributed by atoms with van der Waals surface area (Å²) in [6.45, 7) is 1.80. The highest BCUT2D eigenvalue weighted by atomic mass is 35.5. The molecule has 2 atom stereocenters. The Bertz CT molecular complexity index is 1070. The molecule has 1 aromatic heterocycles. The lowest BCUT2D eigenvalue weighted by atomic mass is 9.89.